The molecule has 248 valence electrons. The molecule has 0 aliphatic carbocycles. The van der Waals surface area contributed by atoms with Gasteiger partial charge in [-0.3, -0.25) is 0 Å². The van der Waals surface area contributed by atoms with Crippen molar-refractivity contribution in [2.45, 2.75) is 0 Å². The van der Waals surface area contributed by atoms with Gasteiger partial charge in [0.05, 0.1) is 0 Å². The van der Waals surface area contributed by atoms with Gasteiger partial charge in [-0.1, -0.05) is 164 Å². The summed E-state index contributed by atoms with van der Waals surface area (Å²) in [4.78, 5) is 15.5. The first kappa shape index (κ1) is 30.6. The van der Waals surface area contributed by atoms with Crippen molar-refractivity contribution < 1.29 is 4.42 Å². The van der Waals surface area contributed by atoms with E-state index in [0.717, 1.165) is 66.4 Å². The minimum Gasteiger partial charge on any atom is -0.456 e. The minimum absolute atomic E-state index is 0.606. The van der Waals surface area contributed by atoms with Crippen LogP contribution >= 0.6 is 0 Å². The van der Waals surface area contributed by atoms with Gasteiger partial charge in [0.25, 0.3) is 0 Å². The molecule has 0 unspecified atom stereocenters. The van der Waals surface area contributed by atoms with E-state index in [-0.39, 0.29) is 0 Å². The minimum atomic E-state index is 0.606. The molecule has 2 heterocycles. The summed E-state index contributed by atoms with van der Waals surface area (Å²) in [6.07, 6.45) is 0. The van der Waals surface area contributed by atoms with Crippen LogP contribution in [0.5, 0.6) is 0 Å². The quantitative estimate of drug-likeness (QED) is 0.176. The molecule has 0 aliphatic rings. The molecule has 0 bridgehead atoms. The van der Waals surface area contributed by atoms with E-state index in [1.807, 2.05) is 36.4 Å². The first-order chi connectivity index (χ1) is 26.2. The fourth-order valence-corrected chi connectivity index (χ4v) is 7.32. The Labute approximate surface area is 306 Å². The molecule has 10 aromatic rings. The number of fused-ring (bicyclic) bond motifs is 4. The molecule has 10 rings (SSSR count). The second-order valence-corrected chi connectivity index (χ2v) is 13.2. The van der Waals surface area contributed by atoms with E-state index in [4.69, 9.17) is 19.4 Å². The first-order valence-corrected chi connectivity index (χ1v) is 17.8. The zero-order valence-corrected chi connectivity index (χ0v) is 28.6. The second-order valence-electron chi connectivity index (χ2n) is 13.2. The molecule has 0 atom stereocenters. The Hall–Kier alpha value is -7.17. The molecule has 0 N–H and O–H groups in total. The maximum atomic E-state index is 6.28. The highest BCUT2D eigenvalue weighted by Gasteiger charge is 2.19. The average Bonchev–Trinajstić information content (AvgIpc) is 3.63. The molecular formula is C49H31N3O. The lowest BCUT2D eigenvalue weighted by Gasteiger charge is -2.13. The van der Waals surface area contributed by atoms with E-state index >= 15 is 0 Å². The number of benzene rings is 8. The topological polar surface area (TPSA) is 51.8 Å². The normalized spacial score (nSPS) is 11.4. The van der Waals surface area contributed by atoms with Crippen molar-refractivity contribution in [3.05, 3.63) is 188 Å². The Bertz CT molecular complexity index is 2950. The Morgan fingerprint density at radius 2 is 0.849 bits per heavy atom. The van der Waals surface area contributed by atoms with Gasteiger partial charge in [0, 0.05) is 27.5 Å². The molecule has 0 amide bonds. The lowest BCUT2D eigenvalue weighted by atomic mass is 9.95. The van der Waals surface area contributed by atoms with E-state index in [1.54, 1.807) is 0 Å². The van der Waals surface area contributed by atoms with Crippen molar-refractivity contribution in [2.75, 3.05) is 0 Å². The second kappa shape index (κ2) is 12.9. The van der Waals surface area contributed by atoms with Crippen molar-refractivity contribution in [1.29, 1.82) is 0 Å². The molecule has 0 saturated heterocycles. The smallest absolute Gasteiger partial charge is 0.164 e. The summed E-state index contributed by atoms with van der Waals surface area (Å²) in [5.41, 5.74) is 11.1. The third-order valence-electron chi connectivity index (χ3n) is 9.95. The van der Waals surface area contributed by atoms with Crippen molar-refractivity contribution in [1.82, 2.24) is 15.0 Å². The van der Waals surface area contributed by atoms with Gasteiger partial charge in [-0.25, -0.2) is 15.0 Å². The van der Waals surface area contributed by atoms with E-state index in [2.05, 4.69) is 152 Å². The van der Waals surface area contributed by atoms with Crippen molar-refractivity contribution in [3.63, 3.8) is 0 Å². The molecule has 0 saturated carbocycles. The summed E-state index contributed by atoms with van der Waals surface area (Å²) in [7, 11) is 0. The summed E-state index contributed by atoms with van der Waals surface area (Å²) >= 11 is 0. The lowest BCUT2D eigenvalue weighted by Crippen LogP contribution is -2.01. The molecular weight excluding hydrogens is 647 g/mol. The number of hydrogen-bond donors (Lipinski definition) is 0. The number of para-hydroxylation sites is 1. The van der Waals surface area contributed by atoms with Gasteiger partial charge in [0.1, 0.15) is 11.2 Å². The van der Waals surface area contributed by atoms with Gasteiger partial charge in [-0.15, -0.1) is 0 Å². The highest BCUT2D eigenvalue weighted by Crippen LogP contribution is 2.40. The Kier molecular flexibility index (Phi) is 7.43. The number of nitrogens with zero attached hydrogens (tertiary/aromatic N) is 3. The van der Waals surface area contributed by atoms with E-state index in [9.17, 15) is 0 Å². The van der Waals surface area contributed by atoms with Gasteiger partial charge in [-0.05, 0) is 68.4 Å². The Morgan fingerprint density at radius 3 is 1.72 bits per heavy atom. The summed E-state index contributed by atoms with van der Waals surface area (Å²) in [6.45, 7) is 0. The maximum absolute atomic E-state index is 6.28. The van der Waals surface area contributed by atoms with Gasteiger partial charge < -0.3 is 4.42 Å². The highest BCUT2D eigenvalue weighted by atomic mass is 16.3. The number of rotatable bonds is 6. The molecule has 53 heavy (non-hydrogen) atoms. The standard InChI is InChI=1S/C49H31N3O/c1-2-12-32(13-3-1)37-16-10-17-39(31-37)48-50-47(35-27-24-34(25-28-35)38-29-26-33-14-4-5-15-36(33)30-38)51-49(52-48)42-19-7-6-18-40(42)41-21-11-23-45-46(41)43-20-8-9-22-44(43)53-45/h1-31H. The maximum Gasteiger partial charge on any atom is 0.164 e. The predicted molar refractivity (Wildman–Crippen MR) is 217 cm³/mol. The molecule has 4 nitrogen and oxygen atoms in total. The van der Waals surface area contributed by atoms with Gasteiger partial charge in [0.2, 0.25) is 0 Å². The fourth-order valence-electron chi connectivity index (χ4n) is 7.32. The summed E-state index contributed by atoms with van der Waals surface area (Å²) < 4.78 is 6.28. The van der Waals surface area contributed by atoms with Crippen LogP contribution in [0.4, 0.5) is 0 Å². The summed E-state index contributed by atoms with van der Waals surface area (Å²) in [5, 5.41) is 4.60. The molecule has 0 radical (unpaired) electrons. The van der Waals surface area contributed by atoms with Crippen LogP contribution in [0.25, 0.3) is 100 Å². The monoisotopic (exact) mass is 677 g/mol. The van der Waals surface area contributed by atoms with Crippen LogP contribution in [0.3, 0.4) is 0 Å². The molecule has 0 spiro atoms. The van der Waals surface area contributed by atoms with E-state index in [0.29, 0.717) is 17.5 Å². The predicted octanol–water partition coefficient (Wildman–Crippen LogP) is 12.9. The van der Waals surface area contributed by atoms with Crippen LogP contribution in [0.2, 0.25) is 0 Å². The van der Waals surface area contributed by atoms with Crippen LogP contribution in [0.1, 0.15) is 0 Å². The molecule has 8 aromatic carbocycles. The molecule has 2 aromatic heterocycles. The largest absolute Gasteiger partial charge is 0.456 e. The van der Waals surface area contributed by atoms with Gasteiger partial charge >= 0.3 is 0 Å². The third kappa shape index (κ3) is 5.63. The molecule has 0 fully saturated rings. The molecule has 4 heteroatoms. The van der Waals surface area contributed by atoms with Crippen LogP contribution in [-0.2, 0) is 0 Å². The van der Waals surface area contributed by atoms with Gasteiger partial charge in [-0.2, -0.15) is 0 Å². The number of aromatic nitrogens is 3. The van der Waals surface area contributed by atoms with Crippen LogP contribution in [0.15, 0.2) is 192 Å². The van der Waals surface area contributed by atoms with Crippen molar-refractivity contribution >= 4 is 32.7 Å². The van der Waals surface area contributed by atoms with Gasteiger partial charge in [0.15, 0.2) is 17.5 Å². The third-order valence-corrected chi connectivity index (χ3v) is 9.95. The average molecular weight is 678 g/mol. The van der Waals surface area contributed by atoms with Crippen molar-refractivity contribution in [2.24, 2.45) is 0 Å². The van der Waals surface area contributed by atoms with Crippen molar-refractivity contribution in [3.8, 4) is 67.5 Å². The fraction of sp³-hybridized carbons (Fsp3) is 0. The SMILES string of the molecule is c1ccc(-c2cccc(-c3nc(-c4ccc(-c5ccc6ccccc6c5)cc4)nc(-c4ccccc4-c4cccc5oc6ccccc6c45)n3)c2)cc1. The number of furan rings is 1. The Balaban J connectivity index is 1.14. The summed E-state index contributed by atoms with van der Waals surface area (Å²) in [6, 6.07) is 65.2. The van der Waals surface area contributed by atoms with Crippen LogP contribution < -0.4 is 0 Å². The van der Waals surface area contributed by atoms with Crippen LogP contribution in [-0.4, -0.2) is 15.0 Å². The summed E-state index contributed by atoms with van der Waals surface area (Å²) in [5.74, 6) is 1.83. The zero-order valence-electron chi connectivity index (χ0n) is 28.6. The zero-order chi connectivity index (χ0) is 35.1. The highest BCUT2D eigenvalue weighted by molar-refractivity contribution is 6.13. The van der Waals surface area contributed by atoms with E-state index in [1.165, 1.54) is 16.3 Å². The van der Waals surface area contributed by atoms with Crippen LogP contribution in [0, 0.1) is 0 Å². The first-order valence-electron chi connectivity index (χ1n) is 17.8. The molecule has 0 aliphatic heterocycles. The number of hydrogen-bond acceptors (Lipinski definition) is 4. The lowest BCUT2D eigenvalue weighted by molar-refractivity contribution is 0.669. The van der Waals surface area contributed by atoms with E-state index < -0.39 is 0 Å². The Morgan fingerprint density at radius 1 is 0.302 bits per heavy atom.